The van der Waals surface area contributed by atoms with Crippen LogP contribution in [0.3, 0.4) is 0 Å². The summed E-state index contributed by atoms with van der Waals surface area (Å²) in [5.41, 5.74) is 0. The van der Waals surface area contributed by atoms with Crippen LogP contribution in [0.5, 0.6) is 0 Å². The van der Waals surface area contributed by atoms with Gasteiger partial charge in [-0.25, -0.2) is 0 Å². The second kappa shape index (κ2) is 10.4. The average molecular weight is 228 g/mol. The molecule has 2 heteroatoms. The van der Waals surface area contributed by atoms with Gasteiger partial charge in [-0.2, -0.15) is 0 Å². The summed E-state index contributed by atoms with van der Waals surface area (Å²) in [7, 11) is 0. The Morgan fingerprint density at radius 2 is 1.50 bits per heavy atom. The molecule has 0 aromatic rings. The van der Waals surface area contributed by atoms with Gasteiger partial charge in [0, 0.05) is 12.8 Å². The van der Waals surface area contributed by atoms with E-state index in [2.05, 4.69) is 22.6 Å². The Hall–Kier alpha value is 0.400. The molecule has 0 spiro atoms. The summed E-state index contributed by atoms with van der Waals surface area (Å²) in [6.07, 6.45) is 1.38. The van der Waals surface area contributed by atoms with Crippen molar-refractivity contribution in [1.29, 1.82) is 0 Å². The van der Waals surface area contributed by atoms with Gasteiger partial charge in [0.15, 0.2) is 0 Å². The van der Waals surface area contributed by atoms with Gasteiger partial charge in [0.1, 0.15) is 5.78 Å². The maximum atomic E-state index is 10.2. The van der Waals surface area contributed by atoms with E-state index in [4.69, 9.17) is 0 Å². The maximum Gasteiger partial charge on any atom is 0.132 e. The first-order valence-corrected chi connectivity index (χ1v) is 4.86. The monoisotopic (exact) mass is 228 g/mol. The lowest BCUT2D eigenvalue weighted by Crippen LogP contribution is -1.88. The topological polar surface area (TPSA) is 17.1 Å². The third kappa shape index (κ3) is 9.64. The van der Waals surface area contributed by atoms with Crippen molar-refractivity contribution in [2.45, 2.75) is 26.7 Å². The number of ketones is 1. The summed E-state index contributed by atoms with van der Waals surface area (Å²) in [5.74, 6) is 0.343. The SMILES string of the molecule is CCC(=O)CC.CI. The van der Waals surface area contributed by atoms with E-state index >= 15 is 0 Å². The standard InChI is InChI=1S/C5H10O.CH3I/c1-3-5(6)4-2;1-2/h3-4H2,1-2H3;1H3. The quantitative estimate of drug-likeness (QED) is 0.524. The fourth-order valence-electron chi connectivity index (χ4n) is 0.250. The molecule has 0 aromatic heterocycles. The van der Waals surface area contributed by atoms with Crippen LogP contribution in [0.25, 0.3) is 0 Å². The van der Waals surface area contributed by atoms with Crippen molar-refractivity contribution in [3.8, 4) is 0 Å². The number of hydrogen-bond donors (Lipinski definition) is 0. The van der Waals surface area contributed by atoms with E-state index < -0.39 is 0 Å². The van der Waals surface area contributed by atoms with Crippen LogP contribution in [0, 0.1) is 0 Å². The molecular weight excluding hydrogens is 215 g/mol. The molecule has 0 radical (unpaired) electrons. The van der Waals surface area contributed by atoms with Gasteiger partial charge >= 0.3 is 0 Å². The molecule has 0 atom stereocenters. The molecular formula is C6H13IO. The highest BCUT2D eigenvalue weighted by molar-refractivity contribution is 14.1. The summed E-state index contributed by atoms with van der Waals surface area (Å²) in [5, 5.41) is 0. The number of carbonyl (C=O) groups is 1. The minimum Gasteiger partial charge on any atom is -0.300 e. The molecule has 0 heterocycles. The van der Waals surface area contributed by atoms with Crippen LogP contribution in [0.15, 0.2) is 0 Å². The van der Waals surface area contributed by atoms with Gasteiger partial charge in [-0.15, -0.1) is 0 Å². The Bertz CT molecular complexity index is 46.5. The zero-order chi connectivity index (χ0) is 6.99. The number of hydrogen-bond acceptors (Lipinski definition) is 1. The fourth-order valence-corrected chi connectivity index (χ4v) is 0.250. The number of Topliss-reactive ketones (excluding diaryl/α,β-unsaturated/α-hetero) is 1. The first-order valence-electron chi connectivity index (χ1n) is 2.70. The molecule has 0 amide bonds. The number of carbonyl (C=O) groups excluding carboxylic acids is 1. The van der Waals surface area contributed by atoms with Gasteiger partial charge in [0.2, 0.25) is 0 Å². The Kier molecular flexibility index (Phi) is 14.6. The van der Waals surface area contributed by atoms with Gasteiger partial charge in [0.05, 0.1) is 0 Å². The minimum atomic E-state index is 0.343. The number of alkyl halides is 1. The zero-order valence-corrected chi connectivity index (χ0v) is 7.86. The summed E-state index contributed by atoms with van der Waals surface area (Å²) < 4.78 is 0. The highest BCUT2D eigenvalue weighted by atomic mass is 127. The van der Waals surface area contributed by atoms with Crippen molar-refractivity contribution >= 4 is 28.4 Å². The van der Waals surface area contributed by atoms with Crippen LogP contribution in [-0.4, -0.2) is 10.7 Å². The summed E-state index contributed by atoms with van der Waals surface area (Å²) >= 11 is 2.15. The molecule has 0 aliphatic carbocycles. The fraction of sp³-hybridized carbons (Fsp3) is 0.833. The smallest absolute Gasteiger partial charge is 0.132 e. The highest BCUT2D eigenvalue weighted by Crippen LogP contribution is 1.82. The van der Waals surface area contributed by atoms with E-state index in [-0.39, 0.29) is 0 Å². The molecule has 0 aromatic carbocycles. The number of rotatable bonds is 2. The molecule has 0 aliphatic heterocycles. The molecule has 0 fully saturated rings. The van der Waals surface area contributed by atoms with Crippen molar-refractivity contribution in [1.82, 2.24) is 0 Å². The third-order valence-electron chi connectivity index (χ3n) is 0.789. The largest absolute Gasteiger partial charge is 0.300 e. The van der Waals surface area contributed by atoms with Crippen LogP contribution >= 0.6 is 22.6 Å². The van der Waals surface area contributed by atoms with E-state index in [0.29, 0.717) is 18.6 Å². The Labute approximate surface area is 65.0 Å². The Morgan fingerprint density at radius 1 is 1.25 bits per heavy atom. The van der Waals surface area contributed by atoms with Crippen molar-refractivity contribution in [2.75, 3.05) is 4.93 Å². The predicted octanol–water partition coefficient (Wildman–Crippen LogP) is 2.43. The lowest BCUT2D eigenvalue weighted by molar-refractivity contribution is -0.118. The third-order valence-corrected chi connectivity index (χ3v) is 0.789. The molecule has 0 saturated heterocycles. The van der Waals surface area contributed by atoms with Gasteiger partial charge in [-0.1, -0.05) is 36.4 Å². The van der Waals surface area contributed by atoms with E-state index in [9.17, 15) is 4.79 Å². The van der Waals surface area contributed by atoms with Crippen LogP contribution in [0.1, 0.15) is 26.7 Å². The van der Waals surface area contributed by atoms with Crippen LogP contribution in [-0.2, 0) is 4.79 Å². The van der Waals surface area contributed by atoms with Gasteiger partial charge in [0.25, 0.3) is 0 Å². The lowest BCUT2D eigenvalue weighted by atomic mass is 10.3. The Morgan fingerprint density at radius 3 is 1.50 bits per heavy atom. The molecule has 0 unspecified atom stereocenters. The van der Waals surface area contributed by atoms with Crippen molar-refractivity contribution in [3.63, 3.8) is 0 Å². The van der Waals surface area contributed by atoms with Crippen LogP contribution < -0.4 is 0 Å². The molecule has 0 N–H and O–H groups in total. The van der Waals surface area contributed by atoms with Crippen LogP contribution in [0.2, 0.25) is 0 Å². The average Bonchev–Trinajstić information content (AvgIpc) is 1.91. The van der Waals surface area contributed by atoms with E-state index in [1.807, 2.05) is 18.8 Å². The van der Waals surface area contributed by atoms with Gasteiger partial charge in [-0.05, 0) is 4.93 Å². The van der Waals surface area contributed by atoms with E-state index in [0.717, 1.165) is 0 Å². The first-order chi connectivity index (χ1) is 3.81. The van der Waals surface area contributed by atoms with Crippen LogP contribution in [0.4, 0.5) is 0 Å². The summed E-state index contributed by atoms with van der Waals surface area (Å²) in [6.45, 7) is 3.76. The van der Waals surface area contributed by atoms with Crippen molar-refractivity contribution < 1.29 is 4.79 Å². The molecule has 1 nitrogen and oxygen atoms in total. The van der Waals surface area contributed by atoms with Gasteiger partial charge in [-0.3, -0.25) is 4.79 Å². The zero-order valence-electron chi connectivity index (χ0n) is 5.70. The summed E-state index contributed by atoms with van der Waals surface area (Å²) in [6, 6.07) is 0. The summed E-state index contributed by atoms with van der Waals surface area (Å²) in [4.78, 5) is 12.2. The van der Waals surface area contributed by atoms with Crippen molar-refractivity contribution in [2.24, 2.45) is 0 Å². The predicted molar refractivity (Wildman–Crippen MR) is 45.5 cm³/mol. The molecule has 8 heavy (non-hydrogen) atoms. The molecule has 0 aliphatic rings. The number of halogens is 1. The highest BCUT2D eigenvalue weighted by Gasteiger charge is 1.86. The van der Waals surface area contributed by atoms with E-state index in [1.54, 1.807) is 0 Å². The molecule has 50 valence electrons. The van der Waals surface area contributed by atoms with Crippen molar-refractivity contribution in [3.05, 3.63) is 0 Å². The molecule has 0 saturated carbocycles. The second-order valence-corrected chi connectivity index (χ2v) is 1.25. The Balaban J connectivity index is 0. The van der Waals surface area contributed by atoms with E-state index in [1.165, 1.54) is 0 Å². The first kappa shape index (κ1) is 11.2. The maximum absolute atomic E-state index is 10.2. The lowest BCUT2D eigenvalue weighted by Gasteiger charge is -1.81. The minimum absolute atomic E-state index is 0.343. The van der Waals surface area contributed by atoms with Gasteiger partial charge < -0.3 is 0 Å². The normalized spacial score (nSPS) is 7.00. The molecule has 0 bridgehead atoms. The second-order valence-electron chi connectivity index (χ2n) is 1.25. The molecule has 0 rings (SSSR count).